The van der Waals surface area contributed by atoms with Crippen molar-refractivity contribution in [2.24, 2.45) is 17.6 Å². The number of nitrogens with zero attached hydrogens (tertiary/aromatic N) is 2. The summed E-state index contributed by atoms with van der Waals surface area (Å²) in [7, 11) is 0. The van der Waals surface area contributed by atoms with Crippen LogP contribution in [0, 0.1) is 17.2 Å². The Morgan fingerprint density at radius 3 is 2.19 bits per heavy atom. The molecule has 0 spiro atoms. The van der Waals surface area contributed by atoms with E-state index in [2.05, 4.69) is 37.6 Å². The first-order valence-electron chi connectivity index (χ1n) is 7.56. The molecule has 0 aromatic carbocycles. The fourth-order valence-corrected chi connectivity index (χ4v) is 2.35. The van der Waals surface area contributed by atoms with Crippen molar-refractivity contribution >= 4 is 23.3 Å². The van der Waals surface area contributed by atoms with Crippen LogP contribution in [0.4, 0.5) is 5.82 Å². The molecule has 1 rings (SSSR count). The van der Waals surface area contributed by atoms with Gasteiger partial charge in [0.1, 0.15) is 11.7 Å². The fraction of sp³-hybridized carbons (Fsp3) is 0.625. The zero-order valence-electron chi connectivity index (χ0n) is 13.5. The van der Waals surface area contributed by atoms with E-state index in [-0.39, 0.29) is 5.84 Å². The normalized spacial score (nSPS) is 11.2. The number of nitrogens with two attached hydrogens (primary N) is 1. The molecular formula is C16H27ClN4. The van der Waals surface area contributed by atoms with E-state index in [4.69, 9.17) is 22.7 Å². The minimum Gasteiger partial charge on any atom is -0.384 e. The number of amidine groups is 1. The smallest absolute Gasteiger partial charge is 0.148 e. The summed E-state index contributed by atoms with van der Waals surface area (Å²) >= 11 is 6.40. The summed E-state index contributed by atoms with van der Waals surface area (Å²) < 4.78 is 0. The molecule has 0 amide bonds. The third kappa shape index (κ3) is 5.54. The van der Waals surface area contributed by atoms with Gasteiger partial charge in [0.25, 0.3) is 0 Å². The topological polar surface area (TPSA) is 66.0 Å². The number of aromatic nitrogens is 1. The van der Waals surface area contributed by atoms with E-state index in [0.29, 0.717) is 22.4 Å². The third-order valence-electron chi connectivity index (χ3n) is 3.41. The number of nitrogen functional groups attached to an aromatic ring is 1. The van der Waals surface area contributed by atoms with Gasteiger partial charge in [-0.15, -0.1) is 0 Å². The summed E-state index contributed by atoms with van der Waals surface area (Å²) in [6, 6.07) is 1.69. The van der Waals surface area contributed by atoms with Gasteiger partial charge in [-0.25, -0.2) is 4.98 Å². The lowest BCUT2D eigenvalue weighted by molar-refractivity contribution is 0.533. The van der Waals surface area contributed by atoms with Crippen molar-refractivity contribution < 1.29 is 0 Å². The highest BCUT2D eigenvalue weighted by Gasteiger charge is 2.16. The van der Waals surface area contributed by atoms with Crippen molar-refractivity contribution in [2.75, 3.05) is 18.0 Å². The molecule has 1 aromatic rings. The average molecular weight is 311 g/mol. The molecule has 3 N–H and O–H groups in total. The first-order chi connectivity index (χ1) is 9.82. The summed E-state index contributed by atoms with van der Waals surface area (Å²) in [5, 5.41) is 8.09. The monoisotopic (exact) mass is 310 g/mol. The van der Waals surface area contributed by atoms with Crippen molar-refractivity contribution in [3.8, 4) is 0 Å². The molecule has 0 aliphatic carbocycles. The first kappa shape index (κ1) is 17.8. The van der Waals surface area contributed by atoms with Gasteiger partial charge < -0.3 is 10.6 Å². The molecule has 1 aromatic heterocycles. The molecule has 0 saturated carbocycles. The van der Waals surface area contributed by atoms with E-state index in [1.807, 2.05) is 0 Å². The first-order valence-corrected chi connectivity index (χ1v) is 7.94. The maximum atomic E-state index is 7.60. The van der Waals surface area contributed by atoms with E-state index in [1.54, 1.807) is 12.3 Å². The molecule has 0 fully saturated rings. The van der Waals surface area contributed by atoms with Gasteiger partial charge in [0.05, 0.1) is 5.02 Å². The summed E-state index contributed by atoms with van der Waals surface area (Å²) in [4.78, 5) is 6.64. The Hall–Kier alpha value is -1.29. The second-order valence-electron chi connectivity index (χ2n) is 6.26. The maximum absolute atomic E-state index is 7.60. The second kappa shape index (κ2) is 8.23. The SMILES string of the molecule is CC(C)CCN(CCC(C)C)c1nccc(C(=N)N)c1Cl. The van der Waals surface area contributed by atoms with Crippen LogP contribution in [0.1, 0.15) is 46.1 Å². The largest absolute Gasteiger partial charge is 0.384 e. The Balaban J connectivity index is 3.00. The Bertz CT molecular complexity index is 459. The van der Waals surface area contributed by atoms with Crippen molar-refractivity contribution in [3.63, 3.8) is 0 Å². The van der Waals surface area contributed by atoms with Crippen molar-refractivity contribution in [1.29, 1.82) is 5.41 Å². The van der Waals surface area contributed by atoms with Crippen LogP contribution in [0.2, 0.25) is 5.02 Å². The van der Waals surface area contributed by atoms with Gasteiger partial charge in [-0.3, -0.25) is 5.41 Å². The van der Waals surface area contributed by atoms with Crippen molar-refractivity contribution in [3.05, 3.63) is 22.8 Å². The highest BCUT2D eigenvalue weighted by atomic mass is 35.5. The second-order valence-corrected chi connectivity index (χ2v) is 6.64. The van der Waals surface area contributed by atoms with Crippen LogP contribution in [0.25, 0.3) is 0 Å². The summed E-state index contributed by atoms with van der Waals surface area (Å²) in [5.41, 5.74) is 6.14. The molecule has 1 heterocycles. The molecular weight excluding hydrogens is 284 g/mol. The summed E-state index contributed by atoms with van der Waals surface area (Å²) in [5.74, 6) is 1.98. The van der Waals surface area contributed by atoms with Gasteiger partial charge in [-0.05, 0) is 30.7 Å². The molecule has 0 unspecified atom stereocenters. The molecule has 21 heavy (non-hydrogen) atoms. The van der Waals surface area contributed by atoms with E-state index < -0.39 is 0 Å². The van der Waals surface area contributed by atoms with E-state index in [0.717, 1.165) is 31.7 Å². The molecule has 0 radical (unpaired) electrons. The van der Waals surface area contributed by atoms with Crippen molar-refractivity contribution in [1.82, 2.24) is 4.98 Å². The van der Waals surface area contributed by atoms with Gasteiger partial charge in [0.15, 0.2) is 0 Å². The van der Waals surface area contributed by atoms with Crippen LogP contribution in [0.5, 0.6) is 0 Å². The molecule has 118 valence electrons. The third-order valence-corrected chi connectivity index (χ3v) is 3.79. The number of hydrogen-bond acceptors (Lipinski definition) is 3. The van der Waals surface area contributed by atoms with E-state index in [9.17, 15) is 0 Å². The van der Waals surface area contributed by atoms with Crippen LogP contribution < -0.4 is 10.6 Å². The molecule has 0 bridgehead atoms. The summed E-state index contributed by atoms with van der Waals surface area (Å²) in [6.45, 7) is 10.7. The zero-order valence-corrected chi connectivity index (χ0v) is 14.2. The minimum atomic E-state index is -0.0173. The molecule has 0 saturated heterocycles. The number of rotatable bonds is 8. The molecule has 0 aliphatic heterocycles. The van der Waals surface area contributed by atoms with Gasteiger partial charge in [0, 0.05) is 24.8 Å². The van der Waals surface area contributed by atoms with Gasteiger partial charge in [0.2, 0.25) is 0 Å². The zero-order chi connectivity index (χ0) is 16.0. The predicted octanol–water partition coefficient (Wildman–Crippen LogP) is 3.92. The predicted molar refractivity (Wildman–Crippen MR) is 91.4 cm³/mol. The minimum absolute atomic E-state index is 0.0173. The van der Waals surface area contributed by atoms with Crippen LogP contribution in [-0.4, -0.2) is 23.9 Å². The quantitative estimate of drug-likeness (QED) is 0.565. The lowest BCUT2D eigenvalue weighted by Gasteiger charge is -2.27. The summed E-state index contributed by atoms with van der Waals surface area (Å²) in [6.07, 6.45) is 3.84. The Morgan fingerprint density at radius 2 is 1.76 bits per heavy atom. The lowest BCUT2D eigenvalue weighted by Crippen LogP contribution is -2.29. The maximum Gasteiger partial charge on any atom is 0.148 e. The molecule has 0 atom stereocenters. The van der Waals surface area contributed by atoms with Crippen LogP contribution in [-0.2, 0) is 0 Å². The van der Waals surface area contributed by atoms with Crippen LogP contribution >= 0.6 is 11.6 Å². The van der Waals surface area contributed by atoms with Crippen molar-refractivity contribution in [2.45, 2.75) is 40.5 Å². The standard InChI is InChI=1S/C16H27ClN4/c1-11(2)6-9-21(10-7-12(3)4)16-14(17)13(15(18)19)5-8-20-16/h5,8,11-12H,6-7,9-10H2,1-4H3,(H3,18,19). The molecule has 0 aliphatic rings. The number of nitrogens with one attached hydrogen (secondary N) is 1. The Kier molecular flexibility index (Phi) is 6.96. The Labute approximate surface area is 133 Å². The molecule has 5 heteroatoms. The highest BCUT2D eigenvalue weighted by molar-refractivity contribution is 6.36. The highest BCUT2D eigenvalue weighted by Crippen LogP contribution is 2.27. The van der Waals surface area contributed by atoms with E-state index in [1.165, 1.54) is 0 Å². The Morgan fingerprint density at radius 1 is 1.24 bits per heavy atom. The molecule has 4 nitrogen and oxygen atoms in total. The van der Waals surface area contributed by atoms with Gasteiger partial charge >= 0.3 is 0 Å². The van der Waals surface area contributed by atoms with Gasteiger partial charge in [-0.2, -0.15) is 0 Å². The number of anilines is 1. The lowest BCUT2D eigenvalue weighted by atomic mass is 10.1. The van der Waals surface area contributed by atoms with E-state index >= 15 is 0 Å². The van der Waals surface area contributed by atoms with Crippen LogP contribution in [0.15, 0.2) is 12.3 Å². The number of hydrogen-bond donors (Lipinski definition) is 2. The number of halogens is 1. The van der Waals surface area contributed by atoms with Gasteiger partial charge in [-0.1, -0.05) is 39.3 Å². The van der Waals surface area contributed by atoms with Crippen LogP contribution in [0.3, 0.4) is 0 Å². The number of pyridine rings is 1. The average Bonchev–Trinajstić information content (AvgIpc) is 2.39. The fourth-order valence-electron chi connectivity index (χ4n) is 2.01.